The van der Waals surface area contributed by atoms with Gasteiger partial charge in [0.1, 0.15) is 12.4 Å². The summed E-state index contributed by atoms with van der Waals surface area (Å²) < 4.78 is 0.460. The molecule has 4 heterocycles. The number of nitrogens with zero attached hydrogens (tertiary/aromatic N) is 5. The van der Waals surface area contributed by atoms with Crippen LogP contribution in [0.1, 0.15) is 30.4 Å². The van der Waals surface area contributed by atoms with Crippen molar-refractivity contribution >= 4 is 58.1 Å². The topological polar surface area (TPSA) is 116 Å². The van der Waals surface area contributed by atoms with E-state index >= 15 is 0 Å². The predicted octanol–water partition coefficient (Wildman–Crippen LogP) is 2.39. The summed E-state index contributed by atoms with van der Waals surface area (Å²) in [4.78, 5) is 64.9. The average molecular weight is 511 g/mol. The normalized spacial score (nSPS) is 15.4. The minimum Gasteiger partial charge on any atom is -0.352 e. The summed E-state index contributed by atoms with van der Waals surface area (Å²) in [5.74, 6) is -1.20. The van der Waals surface area contributed by atoms with Gasteiger partial charge in [0.2, 0.25) is 5.91 Å². The van der Waals surface area contributed by atoms with Gasteiger partial charge in [-0.1, -0.05) is 17.7 Å². The molecule has 4 amide bonds. The zero-order valence-corrected chi connectivity index (χ0v) is 19.9. The first-order chi connectivity index (χ1) is 16.9. The van der Waals surface area contributed by atoms with Gasteiger partial charge in [0.15, 0.2) is 0 Å². The summed E-state index contributed by atoms with van der Waals surface area (Å²) in [7, 11) is 0. The molecule has 1 fully saturated rings. The highest BCUT2D eigenvalue weighted by atomic mass is 35.5. The van der Waals surface area contributed by atoms with Crippen molar-refractivity contribution in [2.75, 3.05) is 42.9 Å². The molecule has 0 unspecified atom stereocenters. The van der Waals surface area contributed by atoms with Gasteiger partial charge in [0.05, 0.1) is 32.2 Å². The summed E-state index contributed by atoms with van der Waals surface area (Å²) in [6.45, 7) is 1.63. The minimum atomic E-state index is -0.614. The van der Waals surface area contributed by atoms with Gasteiger partial charge in [0.25, 0.3) is 17.7 Å². The SMILES string of the molecule is O=C(Nc1cccc2c1C(=O)N(CC(=O)N1CCN(c3cnccn3)CC1)C2=O)c1ccc(Cl)s1. The van der Waals surface area contributed by atoms with E-state index < -0.39 is 17.7 Å². The maximum absolute atomic E-state index is 13.1. The van der Waals surface area contributed by atoms with E-state index in [-0.39, 0.29) is 29.3 Å². The van der Waals surface area contributed by atoms with E-state index in [9.17, 15) is 19.2 Å². The Morgan fingerprint density at radius 2 is 1.83 bits per heavy atom. The van der Waals surface area contributed by atoms with E-state index in [0.29, 0.717) is 35.4 Å². The number of rotatable bonds is 5. The predicted molar refractivity (Wildman–Crippen MR) is 130 cm³/mol. The van der Waals surface area contributed by atoms with Crippen molar-refractivity contribution in [3.05, 3.63) is 69.3 Å². The van der Waals surface area contributed by atoms with Gasteiger partial charge in [0, 0.05) is 38.6 Å². The lowest BCUT2D eigenvalue weighted by molar-refractivity contribution is -0.131. The van der Waals surface area contributed by atoms with Crippen LogP contribution in [-0.2, 0) is 4.79 Å². The number of anilines is 2. The first-order valence-electron chi connectivity index (χ1n) is 10.8. The molecule has 3 aromatic rings. The number of fused-ring (bicyclic) bond motifs is 1. The van der Waals surface area contributed by atoms with Gasteiger partial charge >= 0.3 is 0 Å². The van der Waals surface area contributed by atoms with Crippen LogP contribution in [0.15, 0.2) is 48.9 Å². The summed E-state index contributed by atoms with van der Waals surface area (Å²) in [5, 5.41) is 2.68. The van der Waals surface area contributed by atoms with Crippen molar-refractivity contribution in [1.29, 1.82) is 0 Å². The van der Waals surface area contributed by atoms with Crippen molar-refractivity contribution in [3.8, 4) is 0 Å². The van der Waals surface area contributed by atoms with Crippen LogP contribution in [0.4, 0.5) is 11.5 Å². The molecule has 0 saturated carbocycles. The summed E-state index contributed by atoms with van der Waals surface area (Å²) in [6.07, 6.45) is 4.88. The van der Waals surface area contributed by atoms with E-state index in [2.05, 4.69) is 15.3 Å². The van der Waals surface area contributed by atoms with Gasteiger partial charge in [-0.2, -0.15) is 0 Å². The van der Waals surface area contributed by atoms with E-state index in [1.54, 1.807) is 47.8 Å². The Balaban J connectivity index is 1.26. The maximum Gasteiger partial charge on any atom is 0.265 e. The Labute approximate surface area is 209 Å². The Hall–Kier alpha value is -3.83. The van der Waals surface area contributed by atoms with Gasteiger partial charge in [-0.05, 0) is 24.3 Å². The molecular weight excluding hydrogens is 492 g/mol. The Morgan fingerprint density at radius 3 is 2.51 bits per heavy atom. The third kappa shape index (κ3) is 4.47. The van der Waals surface area contributed by atoms with E-state index in [1.165, 1.54) is 6.07 Å². The van der Waals surface area contributed by atoms with Crippen LogP contribution in [0.2, 0.25) is 4.34 Å². The zero-order valence-electron chi connectivity index (χ0n) is 18.3. The standard InChI is InChI=1S/C23H19ClN6O4S/c24-17-5-4-16(35-17)21(32)27-15-3-1-2-14-20(15)23(34)30(22(14)33)13-19(31)29-10-8-28(9-11-29)18-12-25-6-7-26-18/h1-7,12H,8-11,13H2,(H,27,32). The third-order valence-electron chi connectivity index (χ3n) is 5.84. The zero-order chi connectivity index (χ0) is 24.5. The summed E-state index contributed by atoms with van der Waals surface area (Å²) in [6, 6.07) is 7.82. The monoisotopic (exact) mass is 510 g/mol. The smallest absolute Gasteiger partial charge is 0.265 e. The van der Waals surface area contributed by atoms with E-state index in [4.69, 9.17) is 11.6 Å². The molecule has 0 bridgehead atoms. The Kier molecular flexibility index (Phi) is 6.18. The minimum absolute atomic E-state index is 0.0776. The quantitative estimate of drug-likeness (QED) is 0.524. The molecule has 2 aliphatic rings. The number of carbonyl (C=O) groups is 4. The highest BCUT2D eigenvalue weighted by Gasteiger charge is 2.39. The molecule has 1 aromatic carbocycles. The summed E-state index contributed by atoms with van der Waals surface area (Å²) >= 11 is 7.01. The second-order valence-electron chi connectivity index (χ2n) is 7.91. The third-order valence-corrected chi connectivity index (χ3v) is 7.07. The number of imide groups is 1. The molecule has 1 N–H and O–H groups in total. The average Bonchev–Trinajstić information content (AvgIpc) is 3.42. The fraction of sp³-hybridized carbons (Fsp3) is 0.217. The molecule has 0 spiro atoms. The van der Waals surface area contributed by atoms with Crippen molar-refractivity contribution in [2.24, 2.45) is 0 Å². The fourth-order valence-electron chi connectivity index (χ4n) is 4.08. The van der Waals surface area contributed by atoms with Crippen molar-refractivity contribution in [1.82, 2.24) is 19.8 Å². The molecule has 5 rings (SSSR count). The molecule has 2 aromatic heterocycles. The second kappa shape index (κ2) is 9.43. The first-order valence-corrected chi connectivity index (χ1v) is 12.0. The van der Waals surface area contributed by atoms with Crippen LogP contribution >= 0.6 is 22.9 Å². The van der Waals surface area contributed by atoms with Crippen molar-refractivity contribution in [3.63, 3.8) is 0 Å². The van der Waals surface area contributed by atoms with Crippen molar-refractivity contribution in [2.45, 2.75) is 0 Å². The van der Waals surface area contributed by atoms with E-state index in [1.807, 2.05) is 4.90 Å². The van der Waals surface area contributed by atoms with Crippen LogP contribution < -0.4 is 10.2 Å². The van der Waals surface area contributed by atoms with Gasteiger partial charge in [-0.15, -0.1) is 11.3 Å². The lowest BCUT2D eigenvalue weighted by Gasteiger charge is -2.35. The van der Waals surface area contributed by atoms with Crippen molar-refractivity contribution < 1.29 is 19.2 Å². The van der Waals surface area contributed by atoms with E-state index in [0.717, 1.165) is 22.1 Å². The Morgan fingerprint density at radius 1 is 1.03 bits per heavy atom. The van der Waals surface area contributed by atoms with Gasteiger partial charge in [-0.25, -0.2) is 4.98 Å². The molecule has 0 atom stereocenters. The number of hydrogen-bond donors (Lipinski definition) is 1. The first kappa shape index (κ1) is 22.9. The molecule has 0 aliphatic carbocycles. The number of halogens is 1. The number of amides is 4. The molecule has 2 aliphatic heterocycles. The number of nitrogens with one attached hydrogen (secondary N) is 1. The number of piperazine rings is 1. The van der Waals surface area contributed by atoms with Crippen LogP contribution in [0, 0.1) is 0 Å². The summed E-state index contributed by atoms with van der Waals surface area (Å²) in [5.41, 5.74) is 0.439. The molecule has 178 valence electrons. The maximum atomic E-state index is 13.1. The van der Waals surface area contributed by atoms with Crippen LogP contribution in [-0.4, -0.2) is 76.1 Å². The molecule has 35 heavy (non-hydrogen) atoms. The number of benzene rings is 1. The second-order valence-corrected chi connectivity index (χ2v) is 9.63. The molecule has 10 nitrogen and oxygen atoms in total. The highest BCUT2D eigenvalue weighted by Crippen LogP contribution is 2.30. The van der Waals surface area contributed by atoms with Crippen LogP contribution in [0.3, 0.4) is 0 Å². The number of thiophene rings is 1. The molecule has 0 radical (unpaired) electrons. The Bertz CT molecular complexity index is 1320. The van der Waals surface area contributed by atoms with Crippen LogP contribution in [0.25, 0.3) is 0 Å². The van der Waals surface area contributed by atoms with Crippen LogP contribution in [0.5, 0.6) is 0 Å². The largest absolute Gasteiger partial charge is 0.352 e. The molecule has 12 heteroatoms. The lowest BCUT2D eigenvalue weighted by Crippen LogP contribution is -2.52. The number of carbonyl (C=O) groups excluding carboxylic acids is 4. The highest BCUT2D eigenvalue weighted by molar-refractivity contribution is 7.18. The van der Waals surface area contributed by atoms with Gasteiger partial charge < -0.3 is 15.1 Å². The fourth-order valence-corrected chi connectivity index (χ4v) is 5.01. The van der Waals surface area contributed by atoms with Gasteiger partial charge in [-0.3, -0.25) is 29.1 Å². The number of aromatic nitrogens is 2. The molecular formula is C23H19ClN6O4S. The lowest BCUT2D eigenvalue weighted by atomic mass is 10.1. The number of hydrogen-bond acceptors (Lipinski definition) is 8. The molecule has 1 saturated heterocycles.